The van der Waals surface area contributed by atoms with Gasteiger partial charge in [-0.1, -0.05) is 0 Å². The van der Waals surface area contributed by atoms with E-state index in [1.165, 1.54) is 0 Å². The van der Waals surface area contributed by atoms with E-state index in [9.17, 15) is 0 Å². The highest BCUT2D eigenvalue weighted by Crippen LogP contribution is 1.96. The first-order valence-electron chi connectivity index (χ1n) is 2.24. The van der Waals surface area contributed by atoms with Gasteiger partial charge in [-0.05, 0) is 35.6 Å². The van der Waals surface area contributed by atoms with Crippen LogP contribution in [0.15, 0.2) is 12.3 Å². The molecule has 0 aromatic carbocycles. The van der Waals surface area contributed by atoms with E-state index >= 15 is 0 Å². The molecule has 0 atom stereocenters. The topological polar surface area (TPSA) is 25.8 Å². The predicted molar refractivity (Wildman–Crippen MR) is 39.5 cm³/mol. The van der Waals surface area contributed by atoms with Gasteiger partial charge >= 0.3 is 0 Å². The Labute approximate surface area is 61.5 Å². The molecule has 42 valence electrons. The van der Waals surface area contributed by atoms with Crippen LogP contribution >= 0.6 is 22.6 Å². The van der Waals surface area contributed by atoms with E-state index in [4.69, 9.17) is 0 Å². The van der Waals surface area contributed by atoms with Crippen molar-refractivity contribution in [3.63, 3.8) is 0 Å². The Morgan fingerprint density at radius 2 is 2.38 bits per heavy atom. The Balaban J connectivity index is 3.08. The van der Waals surface area contributed by atoms with Gasteiger partial charge in [0.1, 0.15) is 9.53 Å². The fourth-order valence-electron chi connectivity index (χ4n) is 0.427. The van der Waals surface area contributed by atoms with E-state index in [0.29, 0.717) is 0 Å². The fraction of sp³-hybridized carbons (Fsp3) is 0.200. The van der Waals surface area contributed by atoms with Gasteiger partial charge in [0, 0.05) is 6.20 Å². The number of halogens is 1. The lowest BCUT2D eigenvalue weighted by Gasteiger charge is -1.87. The number of rotatable bonds is 0. The summed E-state index contributed by atoms with van der Waals surface area (Å²) in [5.41, 5.74) is 0. The smallest absolute Gasteiger partial charge is 0.126 e. The maximum Gasteiger partial charge on any atom is 0.126 e. The summed E-state index contributed by atoms with van der Waals surface area (Å²) in [4.78, 5) is 7.97. The van der Waals surface area contributed by atoms with Gasteiger partial charge in [0.15, 0.2) is 0 Å². The molecule has 1 heterocycles. The number of hydrogen-bond acceptors (Lipinski definition) is 2. The van der Waals surface area contributed by atoms with Gasteiger partial charge in [0.25, 0.3) is 0 Å². The van der Waals surface area contributed by atoms with Crippen LogP contribution in [0.3, 0.4) is 0 Å². The summed E-state index contributed by atoms with van der Waals surface area (Å²) < 4.78 is 0.995. The minimum absolute atomic E-state index is 0.830. The third-order valence-corrected chi connectivity index (χ3v) is 1.34. The molecule has 0 bridgehead atoms. The third-order valence-electron chi connectivity index (χ3n) is 0.742. The van der Waals surface area contributed by atoms with Crippen molar-refractivity contribution in [3.05, 3.63) is 21.8 Å². The van der Waals surface area contributed by atoms with Crippen LogP contribution in [0.4, 0.5) is 0 Å². The van der Waals surface area contributed by atoms with Crippen molar-refractivity contribution in [2.75, 3.05) is 0 Å². The zero-order chi connectivity index (χ0) is 5.98. The van der Waals surface area contributed by atoms with Crippen molar-refractivity contribution >= 4 is 22.6 Å². The van der Waals surface area contributed by atoms with Crippen LogP contribution in [0.5, 0.6) is 0 Å². The molecule has 0 fully saturated rings. The normalized spacial score (nSPS) is 9.25. The lowest BCUT2D eigenvalue weighted by Crippen LogP contribution is -1.86. The number of aromatic nitrogens is 2. The molecular weight excluding hydrogens is 215 g/mol. The summed E-state index contributed by atoms with van der Waals surface area (Å²) in [5.74, 6) is 0.830. The van der Waals surface area contributed by atoms with Crippen LogP contribution in [0.25, 0.3) is 0 Å². The highest BCUT2D eigenvalue weighted by Gasteiger charge is 1.85. The van der Waals surface area contributed by atoms with Crippen LogP contribution in [-0.2, 0) is 0 Å². The van der Waals surface area contributed by atoms with Crippen molar-refractivity contribution in [2.24, 2.45) is 0 Å². The summed E-state index contributed by atoms with van der Waals surface area (Å²) >= 11 is 2.15. The number of hydrogen-bond donors (Lipinski definition) is 0. The van der Waals surface area contributed by atoms with Gasteiger partial charge < -0.3 is 0 Å². The maximum atomic E-state index is 4.05. The quantitative estimate of drug-likeness (QED) is 0.487. The Bertz CT molecular complexity index is 170. The highest BCUT2D eigenvalue weighted by atomic mass is 127. The SMILES string of the molecule is Cc1nccc(I)n1. The van der Waals surface area contributed by atoms with Crippen LogP contribution in [0.1, 0.15) is 5.82 Å². The number of nitrogens with zero attached hydrogens (tertiary/aromatic N) is 2. The van der Waals surface area contributed by atoms with E-state index in [1.807, 2.05) is 13.0 Å². The zero-order valence-electron chi connectivity index (χ0n) is 4.43. The molecule has 0 radical (unpaired) electrons. The van der Waals surface area contributed by atoms with Crippen LogP contribution < -0.4 is 0 Å². The predicted octanol–water partition coefficient (Wildman–Crippen LogP) is 1.39. The zero-order valence-corrected chi connectivity index (χ0v) is 6.58. The molecule has 3 heteroatoms. The summed E-state index contributed by atoms with van der Waals surface area (Å²) in [5, 5.41) is 0. The average molecular weight is 220 g/mol. The van der Waals surface area contributed by atoms with Crippen molar-refractivity contribution < 1.29 is 0 Å². The molecule has 1 rings (SSSR count). The van der Waals surface area contributed by atoms with E-state index in [-0.39, 0.29) is 0 Å². The standard InChI is InChI=1S/C5H5IN2/c1-4-7-3-2-5(6)8-4/h2-3H,1H3. The molecule has 8 heavy (non-hydrogen) atoms. The molecule has 0 saturated carbocycles. The molecule has 0 saturated heterocycles. The molecule has 1 aromatic heterocycles. The molecular formula is C5H5IN2. The second kappa shape index (κ2) is 2.39. The second-order valence-corrected chi connectivity index (χ2v) is 2.53. The van der Waals surface area contributed by atoms with E-state index < -0.39 is 0 Å². The van der Waals surface area contributed by atoms with Crippen molar-refractivity contribution in [3.8, 4) is 0 Å². The monoisotopic (exact) mass is 220 g/mol. The van der Waals surface area contributed by atoms with E-state index in [1.54, 1.807) is 6.20 Å². The van der Waals surface area contributed by atoms with Gasteiger partial charge in [0.05, 0.1) is 0 Å². The molecule has 0 aliphatic heterocycles. The summed E-state index contributed by atoms with van der Waals surface area (Å²) in [6.45, 7) is 1.88. The molecule has 0 aliphatic rings. The fourth-order valence-corrected chi connectivity index (χ4v) is 0.937. The van der Waals surface area contributed by atoms with Gasteiger partial charge in [-0.2, -0.15) is 0 Å². The van der Waals surface area contributed by atoms with Crippen molar-refractivity contribution in [2.45, 2.75) is 6.92 Å². The van der Waals surface area contributed by atoms with Crippen LogP contribution in [0.2, 0.25) is 0 Å². The largest absolute Gasteiger partial charge is 0.242 e. The van der Waals surface area contributed by atoms with Crippen LogP contribution in [-0.4, -0.2) is 9.97 Å². The van der Waals surface area contributed by atoms with Crippen LogP contribution in [0, 0.1) is 10.6 Å². The molecule has 2 nitrogen and oxygen atoms in total. The molecule has 0 aliphatic carbocycles. The molecule has 1 aromatic rings. The lowest BCUT2D eigenvalue weighted by molar-refractivity contribution is 1.03. The summed E-state index contributed by atoms with van der Waals surface area (Å²) in [6, 6.07) is 1.87. The van der Waals surface area contributed by atoms with Gasteiger partial charge in [-0.25, -0.2) is 9.97 Å². The summed E-state index contributed by atoms with van der Waals surface area (Å²) in [7, 11) is 0. The minimum atomic E-state index is 0.830. The molecule has 0 N–H and O–H groups in total. The van der Waals surface area contributed by atoms with Crippen molar-refractivity contribution in [1.82, 2.24) is 9.97 Å². The number of aryl methyl sites for hydroxylation is 1. The van der Waals surface area contributed by atoms with Gasteiger partial charge in [-0.3, -0.25) is 0 Å². The van der Waals surface area contributed by atoms with Gasteiger partial charge in [-0.15, -0.1) is 0 Å². The molecule has 0 unspecified atom stereocenters. The first-order chi connectivity index (χ1) is 3.79. The molecule has 0 amide bonds. The van der Waals surface area contributed by atoms with E-state index in [0.717, 1.165) is 9.53 Å². The maximum absolute atomic E-state index is 4.05. The Morgan fingerprint density at radius 1 is 1.62 bits per heavy atom. The minimum Gasteiger partial charge on any atom is -0.242 e. The Hall–Kier alpha value is -0.190. The Morgan fingerprint density at radius 3 is 2.75 bits per heavy atom. The lowest BCUT2D eigenvalue weighted by atomic mass is 10.6. The summed E-state index contributed by atoms with van der Waals surface area (Å²) in [6.07, 6.45) is 1.75. The third kappa shape index (κ3) is 1.40. The van der Waals surface area contributed by atoms with Crippen molar-refractivity contribution in [1.29, 1.82) is 0 Å². The second-order valence-electron chi connectivity index (χ2n) is 1.43. The van der Waals surface area contributed by atoms with Gasteiger partial charge in [0.2, 0.25) is 0 Å². The molecule has 0 spiro atoms. The first-order valence-corrected chi connectivity index (χ1v) is 3.32. The Kier molecular flexibility index (Phi) is 1.77. The van der Waals surface area contributed by atoms with E-state index in [2.05, 4.69) is 32.6 Å². The average Bonchev–Trinajstić information content (AvgIpc) is 1.64. The highest BCUT2D eigenvalue weighted by molar-refractivity contribution is 14.1. The first kappa shape index (κ1) is 5.94.